The molecule has 5 aliphatic heterocycles. The third kappa shape index (κ3) is 11.2. The Balaban J connectivity index is 0.000000150. The number of fused-ring (bicyclic) bond motifs is 4. The van der Waals surface area contributed by atoms with E-state index in [4.69, 9.17) is 37.2 Å². The number of nitrogens with zero attached hydrogens (tertiary/aromatic N) is 1. The van der Waals surface area contributed by atoms with Crippen LogP contribution in [0.1, 0.15) is 75.7 Å². The number of aryl methyl sites for hydroxylation is 1. The van der Waals surface area contributed by atoms with E-state index in [1.165, 1.54) is 12.1 Å². The molecule has 0 bridgehead atoms. The summed E-state index contributed by atoms with van der Waals surface area (Å²) < 4.78 is 33.0. The first-order chi connectivity index (χ1) is 32.7. The highest BCUT2D eigenvalue weighted by atomic mass is 79.9. The van der Waals surface area contributed by atoms with E-state index in [9.17, 15) is 23.6 Å². The monoisotopic (exact) mass is 1040 g/mol. The summed E-state index contributed by atoms with van der Waals surface area (Å²) in [5, 5.41) is 11.5. The van der Waals surface area contributed by atoms with Crippen molar-refractivity contribution in [3.63, 3.8) is 0 Å². The molecule has 4 N–H and O–H groups in total. The van der Waals surface area contributed by atoms with Gasteiger partial charge < -0.3 is 35.3 Å². The molecular formula is C52H50BBrCl2FN5O7. The van der Waals surface area contributed by atoms with Crippen molar-refractivity contribution >= 4 is 98.1 Å². The van der Waals surface area contributed by atoms with Crippen LogP contribution in [-0.2, 0) is 54.2 Å². The molecule has 11 rings (SSSR count). The van der Waals surface area contributed by atoms with Crippen LogP contribution in [0.4, 0.5) is 27.1 Å². The number of rotatable bonds is 5. The van der Waals surface area contributed by atoms with Crippen molar-refractivity contribution in [1.82, 2.24) is 4.98 Å². The number of hydrogen-bond donors (Lipinski definition) is 4. The van der Waals surface area contributed by atoms with Crippen molar-refractivity contribution in [2.75, 3.05) is 21.3 Å². The van der Waals surface area contributed by atoms with Gasteiger partial charge in [-0.25, -0.2) is 4.39 Å². The van der Waals surface area contributed by atoms with Crippen molar-refractivity contribution in [3.05, 3.63) is 157 Å². The molecule has 69 heavy (non-hydrogen) atoms. The Kier molecular flexibility index (Phi) is 14.4. The molecule has 0 aliphatic carbocycles. The number of amides is 4. The van der Waals surface area contributed by atoms with Crippen LogP contribution in [-0.4, -0.2) is 46.9 Å². The van der Waals surface area contributed by atoms with Crippen molar-refractivity contribution in [3.8, 4) is 16.9 Å². The molecule has 1 atom stereocenters. The molecule has 0 radical (unpaired) electrons. The zero-order chi connectivity index (χ0) is 49.4. The van der Waals surface area contributed by atoms with Gasteiger partial charge in [-0.05, 0) is 135 Å². The summed E-state index contributed by atoms with van der Waals surface area (Å²) in [6, 6.07) is 29.7. The SMILES string of the molecule is CC1(C)OB(c2ccc3c(c2)CC(=O)N3)OC1(C)C.Cc1ncc(-c2ccc3c(c2)CC(=O)N3)cc1OC(C)c1c(Cl)ccc(F)c1Cl.O=C1Cc2cc(Br)ccc2N1.O=C1Cc2ccccc2N1.[2HH]. The number of para-hydroxylation sites is 1. The highest BCUT2D eigenvalue weighted by Gasteiger charge is 2.51. The number of aromatic nitrogens is 1. The summed E-state index contributed by atoms with van der Waals surface area (Å²) in [7, 11) is -0.369. The number of benzene rings is 5. The van der Waals surface area contributed by atoms with Gasteiger partial charge in [0.2, 0.25) is 23.6 Å². The van der Waals surface area contributed by atoms with Gasteiger partial charge in [0.15, 0.2) is 0 Å². The molecule has 1 unspecified atom stereocenters. The largest absolute Gasteiger partial charge is 0.494 e. The second-order valence-electron chi connectivity index (χ2n) is 18.1. The lowest BCUT2D eigenvalue weighted by atomic mass is 9.78. The van der Waals surface area contributed by atoms with Gasteiger partial charge in [0.1, 0.15) is 17.7 Å². The fourth-order valence-corrected chi connectivity index (χ4v) is 9.19. The van der Waals surface area contributed by atoms with E-state index in [0.29, 0.717) is 47.7 Å². The summed E-state index contributed by atoms with van der Waals surface area (Å²) in [6.07, 6.45) is 3.01. The van der Waals surface area contributed by atoms with Crippen LogP contribution in [0, 0.1) is 12.7 Å². The Labute approximate surface area is 419 Å². The molecule has 6 heterocycles. The van der Waals surface area contributed by atoms with E-state index in [-0.39, 0.29) is 48.4 Å². The number of ether oxygens (including phenoxy) is 1. The van der Waals surface area contributed by atoms with Gasteiger partial charge >= 0.3 is 7.12 Å². The number of anilines is 4. The molecule has 6 aromatic rings. The lowest BCUT2D eigenvalue weighted by molar-refractivity contribution is -0.115. The van der Waals surface area contributed by atoms with Crippen molar-refractivity contribution in [2.24, 2.45) is 0 Å². The number of pyridine rings is 1. The third-order valence-corrected chi connectivity index (χ3v) is 13.7. The van der Waals surface area contributed by atoms with E-state index in [1.807, 2.05) is 120 Å². The van der Waals surface area contributed by atoms with E-state index in [2.05, 4.69) is 42.2 Å². The second-order valence-corrected chi connectivity index (χ2v) is 19.8. The topological polar surface area (TPSA) is 157 Å². The molecular weight excluding hydrogens is 987 g/mol. The van der Waals surface area contributed by atoms with Crippen molar-refractivity contribution in [2.45, 2.75) is 84.5 Å². The van der Waals surface area contributed by atoms with Gasteiger partial charge in [0, 0.05) is 51.0 Å². The Morgan fingerprint density at radius 3 is 1.81 bits per heavy atom. The standard InChI is InChI=1S/C22H17Cl2FN2O2.C14H18BNO3.C8H6BrNO.C8H7NO.H2/c1-11-19(29-12(2)21-16(23)4-5-17(25)22(21)24)8-15(10-26-11)13-3-6-18-14(7-13)9-20(28)27-18;1-13(2)14(3,4)19-15(18-13)10-5-6-11-9(7-10)8-12(17)16-11;9-6-1-2-7-5(3-6)4-8(11)10-7;10-8-5-6-3-1-2-4-7(6)9-8;/h3-8,10,12H,9H2,1-2H3,(H,27,28);5-7H,8H2,1-4H3,(H,16,17);1-3H,4H2,(H,10,11);1-4H,5H2,(H,9,10);1H/i;;;;1+1. The number of halogens is 4. The fourth-order valence-electron chi connectivity index (χ4n) is 8.10. The van der Waals surface area contributed by atoms with E-state index in [1.54, 1.807) is 13.1 Å². The maximum atomic E-state index is 13.9. The van der Waals surface area contributed by atoms with Gasteiger partial charge in [0.05, 0.1) is 47.6 Å². The highest BCUT2D eigenvalue weighted by molar-refractivity contribution is 9.10. The van der Waals surface area contributed by atoms with Gasteiger partial charge in [-0.2, -0.15) is 0 Å². The van der Waals surface area contributed by atoms with Gasteiger partial charge in [-0.15, -0.1) is 0 Å². The average Bonchev–Trinajstić information content (AvgIpc) is 4.10. The fraction of sp³-hybridized carbons (Fsp3) is 0.250. The van der Waals surface area contributed by atoms with E-state index >= 15 is 0 Å². The van der Waals surface area contributed by atoms with Crippen LogP contribution in [0.5, 0.6) is 5.75 Å². The molecule has 12 nitrogen and oxygen atoms in total. The average molecular weight is 1040 g/mol. The number of carbonyl (C=O) groups excluding carboxylic acids is 4. The molecule has 17 heteroatoms. The minimum Gasteiger partial charge on any atom is -0.484 e. The molecule has 5 aliphatic rings. The Morgan fingerprint density at radius 1 is 0.681 bits per heavy atom. The molecule has 1 saturated heterocycles. The van der Waals surface area contributed by atoms with E-state index < -0.39 is 11.9 Å². The number of nitrogens with one attached hydrogen (secondary N) is 4. The third-order valence-electron chi connectivity index (χ3n) is 12.5. The summed E-state index contributed by atoms with van der Waals surface area (Å²) in [4.78, 5) is 49.1. The molecule has 4 amide bonds. The molecule has 1 aromatic heterocycles. The molecule has 1 fully saturated rings. The minimum atomic E-state index is -0.580. The van der Waals surface area contributed by atoms with E-state index in [0.717, 1.165) is 66.1 Å². The minimum absolute atomic E-state index is 0. The first-order valence-corrected chi connectivity index (χ1v) is 23.7. The van der Waals surface area contributed by atoms with Gasteiger partial charge in [-0.3, -0.25) is 24.2 Å². The van der Waals surface area contributed by atoms with Gasteiger partial charge in [0.25, 0.3) is 0 Å². The summed E-state index contributed by atoms with van der Waals surface area (Å²) in [6.45, 7) is 11.7. The van der Waals surface area contributed by atoms with Crippen LogP contribution >= 0.6 is 39.1 Å². The van der Waals surface area contributed by atoms with Crippen LogP contribution in [0.3, 0.4) is 0 Å². The van der Waals surface area contributed by atoms with Gasteiger partial charge in [-0.1, -0.05) is 75.5 Å². The van der Waals surface area contributed by atoms with Crippen LogP contribution in [0.25, 0.3) is 11.1 Å². The zero-order valence-electron chi connectivity index (χ0n) is 38.6. The summed E-state index contributed by atoms with van der Waals surface area (Å²) in [5.41, 5.74) is 10.9. The first kappa shape index (κ1) is 49.3. The number of carbonyl (C=O) groups is 4. The Morgan fingerprint density at radius 2 is 1.20 bits per heavy atom. The van der Waals surface area contributed by atoms with Crippen molar-refractivity contribution < 1.29 is 39.0 Å². The highest BCUT2D eigenvalue weighted by Crippen LogP contribution is 2.39. The van der Waals surface area contributed by atoms with Crippen LogP contribution < -0.4 is 31.5 Å². The second kappa shape index (κ2) is 20.1. The maximum absolute atomic E-state index is 13.9. The normalized spacial score (nSPS) is 16.6. The zero-order valence-corrected chi connectivity index (χ0v) is 41.7. The summed E-state index contributed by atoms with van der Waals surface area (Å²) in [5.74, 6) is 0.203. The van der Waals surface area contributed by atoms with Crippen LogP contribution in [0.15, 0.2) is 108 Å². The Bertz CT molecular complexity index is 3010. The molecule has 0 spiro atoms. The Hall–Kier alpha value is -6.10. The molecule has 5 aromatic carbocycles. The van der Waals surface area contributed by atoms with Crippen molar-refractivity contribution in [1.29, 1.82) is 0 Å². The first-order valence-electron chi connectivity index (χ1n) is 22.2. The molecule has 356 valence electrons. The smallest absolute Gasteiger partial charge is 0.484 e. The summed E-state index contributed by atoms with van der Waals surface area (Å²) >= 11 is 15.7. The molecule has 0 saturated carbocycles. The van der Waals surface area contributed by atoms with Crippen LogP contribution in [0.2, 0.25) is 10.0 Å². The maximum Gasteiger partial charge on any atom is 0.494 e. The lowest BCUT2D eigenvalue weighted by Gasteiger charge is -2.32. The lowest BCUT2D eigenvalue weighted by Crippen LogP contribution is -2.41. The number of hydrogen-bond acceptors (Lipinski definition) is 8. The quantitative estimate of drug-likeness (QED) is 0.0982. The predicted octanol–water partition coefficient (Wildman–Crippen LogP) is 11.0. The predicted molar refractivity (Wildman–Crippen MR) is 274 cm³/mol.